The third-order valence-electron chi connectivity index (χ3n) is 27.8. The Morgan fingerprint density at radius 1 is 0.449 bits per heavy atom. The molecule has 78 heavy (non-hydrogen) atoms. The molecule has 4 heterocycles. The number of fused-ring (bicyclic) bond motifs is 14. The predicted octanol–water partition coefficient (Wildman–Crippen LogP) is 16.2. The third kappa shape index (κ3) is 10.8. The Balaban J connectivity index is 0.000000146. The lowest BCUT2D eigenvalue weighted by Crippen LogP contribution is -2.57. The molecule has 11 heteroatoms. The topological polar surface area (TPSA) is 130 Å². The van der Waals surface area contributed by atoms with Crippen LogP contribution in [0.15, 0.2) is 0 Å². The van der Waals surface area contributed by atoms with Gasteiger partial charge < -0.3 is 41.0 Å². The van der Waals surface area contributed by atoms with E-state index >= 15 is 0 Å². The molecule has 0 aromatic carbocycles. The molecule has 14 rings (SSSR count). The van der Waals surface area contributed by atoms with Crippen LogP contribution in [0.5, 0.6) is 0 Å². The van der Waals surface area contributed by atoms with Gasteiger partial charge in [-0.25, -0.2) is 4.79 Å². The Labute approximate surface area is 499 Å². The first-order valence-corrected chi connectivity index (χ1v) is 40.0. The van der Waals surface area contributed by atoms with E-state index in [1.54, 1.807) is 0 Å². The SMILES string of the molecule is C[C@H]1CC[C@@]2(OC1)O[C@H]1C[C@H]3[C@@H]4CC[C@@H]5C[C@@H](N)CC[C@]5(C)[C@H]4CC[C@]3(C)[C@H]1[C@@H]2C.C[C@H]1CC[C@@]2(OC1)O[C@H]1C[C@H]3[C@@H]4CC[C@@H]5C[C@@H](NC(=O)NC6CCCCC6)CC[C@]5(C)[C@H]4CC[C@]3(C)[C@H]1[C@@H]2C.II.NC1CCCCC1. The Morgan fingerprint density at radius 3 is 1.36 bits per heavy atom. The molecule has 9 nitrogen and oxygen atoms in total. The molecule has 14 aliphatic rings. The molecular weight excluding hydrogens is 1190 g/mol. The number of nitrogens with two attached hydrogens (primary N) is 2. The van der Waals surface area contributed by atoms with Crippen molar-refractivity contribution in [3.63, 3.8) is 0 Å². The minimum Gasteiger partial charge on any atom is -0.349 e. The number of carbonyl (C=O) groups excluding carboxylic acids is 1. The summed E-state index contributed by atoms with van der Waals surface area (Å²) in [4.78, 5) is 12.8. The summed E-state index contributed by atoms with van der Waals surface area (Å²) < 4.78 is 26.9. The predicted molar refractivity (Wildman–Crippen MR) is 333 cm³/mol. The molecule has 0 aromatic rings. The molecule has 6 N–H and O–H groups in total. The Hall–Kier alpha value is 0.490. The van der Waals surface area contributed by atoms with Gasteiger partial charge in [-0.2, -0.15) is 0 Å². The molecule has 2 amide bonds. The fraction of sp³-hybridized carbons (Fsp3) is 0.985. The van der Waals surface area contributed by atoms with Gasteiger partial charge in [0.2, 0.25) is 0 Å². The van der Waals surface area contributed by atoms with Gasteiger partial charge in [-0.1, -0.05) is 93.9 Å². The second-order valence-corrected chi connectivity index (χ2v) is 31.7. The van der Waals surface area contributed by atoms with Crippen molar-refractivity contribution in [2.45, 2.75) is 296 Å². The van der Waals surface area contributed by atoms with Crippen molar-refractivity contribution in [2.75, 3.05) is 13.2 Å². The average molecular weight is 1310 g/mol. The van der Waals surface area contributed by atoms with E-state index < -0.39 is 0 Å². The number of hydrogen-bond acceptors (Lipinski definition) is 7. The van der Waals surface area contributed by atoms with Crippen molar-refractivity contribution in [1.82, 2.24) is 10.6 Å². The monoisotopic (exact) mass is 1310 g/mol. The summed E-state index contributed by atoms with van der Waals surface area (Å²) in [5.41, 5.74) is 13.9. The molecule has 0 bridgehead atoms. The highest BCUT2D eigenvalue weighted by atomic mass is 128. The first-order chi connectivity index (χ1) is 37.4. The average Bonchev–Trinajstić information content (AvgIpc) is 3.71. The van der Waals surface area contributed by atoms with Crippen LogP contribution in [-0.4, -0.2) is 67.2 Å². The highest BCUT2D eigenvalue weighted by Crippen LogP contribution is 2.73. The summed E-state index contributed by atoms with van der Waals surface area (Å²) in [6, 6.07) is 1.84. The largest absolute Gasteiger partial charge is 0.349 e. The molecule has 4 aliphatic heterocycles. The fourth-order valence-corrected chi connectivity index (χ4v) is 23.5. The van der Waals surface area contributed by atoms with E-state index in [1.165, 1.54) is 161 Å². The van der Waals surface area contributed by atoms with Crippen molar-refractivity contribution in [3.8, 4) is 0 Å². The van der Waals surface area contributed by atoms with Crippen LogP contribution in [0.25, 0.3) is 0 Å². The van der Waals surface area contributed by atoms with Gasteiger partial charge in [0, 0.05) is 86.1 Å². The Bertz CT molecular complexity index is 2020. The number of amides is 2. The van der Waals surface area contributed by atoms with Crippen molar-refractivity contribution in [1.29, 1.82) is 0 Å². The van der Waals surface area contributed by atoms with Gasteiger partial charge in [0.05, 0.1) is 25.4 Å². The van der Waals surface area contributed by atoms with Crippen LogP contribution < -0.4 is 22.1 Å². The maximum atomic E-state index is 12.8. The molecule has 0 radical (unpaired) electrons. The van der Waals surface area contributed by atoms with Crippen molar-refractivity contribution >= 4 is 43.3 Å². The summed E-state index contributed by atoms with van der Waals surface area (Å²) in [5, 5.41) is 6.71. The van der Waals surface area contributed by atoms with Gasteiger partial charge >= 0.3 is 6.03 Å². The second-order valence-electron chi connectivity index (χ2n) is 31.7. The Kier molecular flexibility index (Phi) is 18.5. The zero-order valence-corrected chi connectivity index (χ0v) is 54.9. The number of ether oxygens (including phenoxy) is 4. The molecule has 446 valence electrons. The van der Waals surface area contributed by atoms with E-state index in [9.17, 15) is 4.79 Å². The van der Waals surface area contributed by atoms with Crippen LogP contribution >= 0.6 is 37.2 Å². The quantitative estimate of drug-likeness (QED) is 0.203. The number of hydrogen-bond donors (Lipinski definition) is 4. The van der Waals surface area contributed by atoms with Crippen molar-refractivity contribution in [3.05, 3.63) is 0 Å². The van der Waals surface area contributed by atoms with Crippen molar-refractivity contribution in [2.24, 2.45) is 116 Å². The maximum Gasteiger partial charge on any atom is 0.315 e. The maximum absolute atomic E-state index is 12.8. The summed E-state index contributed by atoms with van der Waals surface area (Å²) in [5.74, 6) is 10.0. The van der Waals surface area contributed by atoms with Gasteiger partial charge in [-0.05, 0) is 234 Å². The summed E-state index contributed by atoms with van der Waals surface area (Å²) in [7, 11) is 0. The Morgan fingerprint density at radius 2 is 0.897 bits per heavy atom. The first-order valence-electron chi connectivity index (χ1n) is 33.7. The fourth-order valence-electron chi connectivity index (χ4n) is 23.5. The molecule has 2 spiro atoms. The van der Waals surface area contributed by atoms with E-state index in [0.717, 1.165) is 92.7 Å². The summed E-state index contributed by atoms with van der Waals surface area (Å²) >= 11 is 4.24. The third-order valence-corrected chi connectivity index (χ3v) is 27.8. The van der Waals surface area contributed by atoms with Gasteiger partial charge in [0.1, 0.15) is 0 Å². The van der Waals surface area contributed by atoms with E-state index in [2.05, 4.69) is 103 Å². The number of rotatable bonds is 2. The highest BCUT2D eigenvalue weighted by molar-refractivity contribution is 15.0. The number of nitrogens with one attached hydrogen (secondary N) is 2. The minimum absolute atomic E-state index is 0.0958. The first kappa shape index (κ1) is 60.2. The number of carbonyl (C=O) groups is 1. The van der Waals surface area contributed by atoms with Crippen LogP contribution in [0, 0.1) is 105 Å². The lowest BCUT2D eigenvalue weighted by Gasteiger charge is -2.61. The zero-order valence-electron chi connectivity index (χ0n) is 50.6. The normalized spacial score (nSPS) is 53.1. The highest BCUT2D eigenvalue weighted by Gasteiger charge is 2.71. The van der Waals surface area contributed by atoms with Crippen molar-refractivity contribution < 1.29 is 23.7 Å². The zero-order chi connectivity index (χ0) is 55.0. The van der Waals surface area contributed by atoms with Gasteiger partial charge in [-0.15, -0.1) is 0 Å². The molecular formula is C67H114I2N4O5. The number of halogens is 2. The standard InChI is InChI=1S/C34H56N2O3.C27H45NO2.C6H13N.I2/c1-21-12-17-34(38-20-21)22(2)30-29(39-34)19-28-26-11-10-23-18-25(36-31(37)35-24-8-6-5-7-9-24)13-15-32(23,3)27(26)14-16-33(28,30)4;1-16-7-12-27(29-15-16)17(2)24-23(30-27)14-22-20-6-5-18-13-19(28)8-10-25(18,3)21(20)9-11-26(22,24)4;7-6-4-2-1-3-5-6;1-2/h21-30H,5-20H2,1-4H3,(H2,35,36,37);16-24H,5-15,28H2,1-4H3;6H,1-5,7H2;/t21-,22-,23+,25-,26+,27-,28-,29-,30-,32-,33-,34+;16-,17-,18+,19-,20+,21-,22-,23-,24-,25-,26-,27+;;/m00../s1. The van der Waals surface area contributed by atoms with Crippen LogP contribution in [0.1, 0.15) is 248 Å². The van der Waals surface area contributed by atoms with Gasteiger partial charge in [-0.3, -0.25) is 0 Å². The second kappa shape index (κ2) is 24.0. The van der Waals surface area contributed by atoms with E-state index in [-0.39, 0.29) is 17.6 Å². The molecule has 10 aliphatic carbocycles. The molecule has 24 atom stereocenters. The number of urea groups is 1. The van der Waals surface area contributed by atoms with Crippen LogP contribution in [-0.2, 0) is 18.9 Å². The lowest BCUT2D eigenvalue weighted by molar-refractivity contribution is -0.273. The lowest BCUT2D eigenvalue weighted by atomic mass is 9.44. The molecule has 14 fully saturated rings. The van der Waals surface area contributed by atoms with Crippen LogP contribution in [0.2, 0.25) is 0 Å². The molecule has 0 unspecified atom stereocenters. The van der Waals surface area contributed by atoms with Crippen LogP contribution in [0.3, 0.4) is 0 Å². The van der Waals surface area contributed by atoms with E-state index in [1.807, 2.05) is 0 Å². The van der Waals surface area contributed by atoms with E-state index in [4.69, 9.17) is 30.4 Å². The van der Waals surface area contributed by atoms with Crippen LogP contribution in [0.4, 0.5) is 4.79 Å². The smallest absolute Gasteiger partial charge is 0.315 e. The van der Waals surface area contributed by atoms with Gasteiger partial charge in [0.25, 0.3) is 0 Å². The van der Waals surface area contributed by atoms with E-state index in [0.29, 0.717) is 93.5 Å². The summed E-state index contributed by atoms with van der Waals surface area (Å²) in [6.07, 6.45) is 39.7. The minimum atomic E-state index is -0.301. The molecule has 10 saturated carbocycles. The summed E-state index contributed by atoms with van der Waals surface area (Å²) in [6.45, 7) is 22.0. The molecule has 0 aromatic heterocycles. The van der Waals surface area contributed by atoms with Gasteiger partial charge in [0.15, 0.2) is 11.6 Å². The molecule has 4 saturated heterocycles.